The molecule has 0 aromatic carbocycles. The first kappa shape index (κ1) is 9.75. The molecular formula is C12H18O2. The van der Waals surface area contributed by atoms with Crippen LogP contribution in [0.25, 0.3) is 0 Å². The van der Waals surface area contributed by atoms with Gasteiger partial charge in [0.05, 0.1) is 12.5 Å². The van der Waals surface area contributed by atoms with E-state index in [1.807, 2.05) is 6.92 Å². The molecule has 78 valence electrons. The average molecular weight is 194 g/mol. The van der Waals surface area contributed by atoms with E-state index in [1.54, 1.807) is 0 Å². The lowest BCUT2D eigenvalue weighted by Gasteiger charge is -2.00. The van der Waals surface area contributed by atoms with E-state index >= 15 is 0 Å². The van der Waals surface area contributed by atoms with Crippen molar-refractivity contribution in [1.82, 2.24) is 0 Å². The van der Waals surface area contributed by atoms with E-state index in [-0.39, 0.29) is 11.9 Å². The standard InChI is InChI=1S/C12H18O2/c1-2-14-12(13)11-9-7-5-3-4-6-8-10(9)11/h7,10-11H,2-6,8H2,1H3. The van der Waals surface area contributed by atoms with Gasteiger partial charge in [0.1, 0.15) is 0 Å². The fraction of sp³-hybridized carbons (Fsp3) is 0.750. The van der Waals surface area contributed by atoms with E-state index in [0.717, 1.165) is 6.42 Å². The molecule has 0 radical (unpaired) electrons. The summed E-state index contributed by atoms with van der Waals surface area (Å²) in [5, 5.41) is 0. The van der Waals surface area contributed by atoms with Crippen molar-refractivity contribution in [3.63, 3.8) is 0 Å². The van der Waals surface area contributed by atoms with Crippen LogP contribution in [-0.4, -0.2) is 12.6 Å². The molecule has 1 fully saturated rings. The predicted octanol–water partition coefficient (Wildman–Crippen LogP) is 2.69. The minimum Gasteiger partial charge on any atom is -0.466 e. The molecule has 2 atom stereocenters. The first-order valence-electron chi connectivity index (χ1n) is 5.71. The lowest BCUT2D eigenvalue weighted by Crippen LogP contribution is -2.07. The lowest BCUT2D eigenvalue weighted by atomic mass is 10.1. The summed E-state index contributed by atoms with van der Waals surface area (Å²) < 4.78 is 5.06. The van der Waals surface area contributed by atoms with E-state index in [1.165, 1.54) is 31.3 Å². The zero-order chi connectivity index (χ0) is 9.97. The quantitative estimate of drug-likeness (QED) is 0.499. The molecular weight excluding hydrogens is 176 g/mol. The van der Waals surface area contributed by atoms with Crippen LogP contribution in [0.4, 0.5) is 0 Å². The molecule has 0 heterocycles. The fourth-order valence-electron chi connectivity index (χ4n) is 2.44. The summed E-state index contributed by atoms with van der Waals surface area (Å²) in [6.45, 7) is 2.38. The van der Waals surface area contributed by atoms with Crippen molar-refractivity contribution in [3.05, 3.63) is 11.6 Å². The monoisotopic (exact) mass is 194 g/mol. The second-order valence-electron chi connectivity index (χ2n) is 4.18. The van der Waals surface area contributed by atoms with Crippen LogP contribution in [0, 0.1) is 11.8 Å². The predicted molar refractivity (Wildman–Crippen MR) is 54.8 cm³/mol. The average Bonchev–Trinajstić information content (AvgIpc) is 2.77. The van der Waals surface area contributed by atoms with Gasteiger partial charge < -0.3 is 4.74 Å². The van der Waals surface area contributed by atoms with Gasteiger partial charge in [-0.05, 0) is 32.1 Å². The number of ether oxygens (including phenoxy) is 1. The molecule has 2 aliphatic carbocycles. The summed E-state index contributed by atoms with van der Waals surface area (Å²) in [7, 11) is 0. The van der Waals surface area contributed by atoms with Crippen LogP contribution in [0.2, 0.25) is 0 Å². The summed E-state index contributed by atoms with van der Waals surface area (Å²) in [5.74, 6) is 0.674. The Kier molecular flexibility index (Phi) is 2.90. The van der Waals surface area contributed by atoms with E-state index in [2.05, 4.69) is 6.08 Å². The van der Waals surface area contributed by atoms with E-state index in [4.69, 9.17) is 4.74 Å². The minimum atomic E-state index is 0.00523. The first-order chi connectivity index (χ1) is 6.84. The van der Waals surface area contributed by atoms with Gasteiger partial charge in [-0.15, -0.1) is 0 Å². The molecule has 0 aromatic heterocycles. The molecule has 2 unspecified atom stereocenters. The number of rotatable bonds is 2. The zero-order valence-electron chi connectivity index (χ0n) is 8.79. The van der Waals surface area contributed by atoms with Crippen molar-refractivity contribution in [2.45, 2.75) is 39.0 Å². The molecule has 0 aromatic rings. The molecule has 14 heavy (non-hydrogen) atoms. The SMILES string of the molecule is CCOC(=O)C1C2=CCCCCCC21. The van der Waals surface area contributed by atoms with Gasteiger partial charge in [-0.3, -0.25) is 4.79 Å². The lowest BCUT2D eigenvalue weighted by molar-refractivity contribution is -0.144. The van der Waals surface area contributed by atoms with Crippen LogP contribution in [0.15, 0.2) is 11.6 Å². The van der Waals surface area contributed by atoms with Gasteiger partial charge in [0, 0.05) is 0 Å². The van der Waals surface area contributed by atoms with Gasteiger partial charge in [0.25, 0.3) is 0 Å². The second-order valence-corrected chi connectivity index (χ2v) is 4.18. The summed E-state index contributed by atoms with van der Waals surface area (Å²) in [4.78, 5) is 11.5. The molecule has 0 amide bonds. The summed E-state index contributed by atoms with van der Waals surface area (Å²) in [5.41, 5.74) is 1.36. The van der Waals surface area contributed by atoms with Crippen molar-refractivity contribution in [3.8, 4) is 0 Å². The summed E-state index contributed by atoms with van der Waals surface area (Å²) in [6.07, 6.45) is 8.49. The smallest absolute Gasteiger partial charge is 0.313 e. The highest BCUT2D eigenvalue weighted by Gasteiger charge is 2.49. The highest BCUT2D eigenvalue weighted by Crippen LogP contribution is 2.50. The maximum Gasteiger partial charge on any atom is 0.313 e. The molecule has 0 bridgehead atoms. The Morgan fingerprint density at radius 3 is 3.14 bits per heavy atom. The fourth-order valence-corrected chi connectivity index (χ4v) is 2.44. The number of hydrogen-bond donors (Lipinski definition) is 0. The van der Waals surface area contributed by atoms with Crippen molar-refractivity contribution in [2.24, 2.45) is 11.8 Å². The Labute approximate surface area is 85.3 Å². The van der Waals surface area contributed by atoms with E-state index in [9.17, 15) is 4.79 Å². The van der Waals surface area contributed by atoms with Crippen LogP contribution in [0.3, 0.4) is 0 Å². The zero-order valence-corrected chi connectivity index (χ0v) is 8.79. The van der Waals surface area contributed by atoms with Crippen LogP contribution < -0.4 is 0 Å². The third-order valence-electron chi connectivity index (χ3n) is 3.22. The van der Waals surface area contributed by atoms with Crippen molar-refractivity contribution in [2.75, 3.05) is 6.61 Å². The maximum absolute atomic E-state index is 11.5. The van der Waals surface area contributed by atoms with E-state index in [0.29, 0.717) is 12.5 Å². The second kappa shape index (κ2) is 4.16. The third kappa shape index (κ3) is 1.84. The molecule has 2 nitrogen and oxygen atoms in total. The van der Waals surface area contributed by atoms with E-state index < -0.39 is 0 Å². The molecule has 2 heteroatoms. The number of fused-ring (bicyclic) bond motifs is 1. The van der Waals surface area contributed by atoms with Crippen LogP contribution in [0.5, 0.6) is 0 Å². The Morgan fingerprint density at radius 2 is 2.36 bits per heavy atom. The van der Waals surface area contributed by atoms with Crippen molar-refractivity contribution >= 4 is 5.97 Å². The number of carbonyl (C=O) groups excluding carboxylic acids is 1. The molecule has 0 saturated heterocycles. The largest absolute Gasteiger partial charge is 0.466 e. The molecule has 1 saturated carbocycles. The van der Waals surface area contributed by atoms with Gasteiger partial charge >= 0.3 is 5.97 Å². The molecule has 0 aliphatic heterocycles. The molecule has 2 rings (SSSR count). The highest BCUT2D eigenvalue weighted by molar-refractivity contribution is 5.82. The number of carbonyl (C=O) groups is 1. The van der Waals surface area contributed by atoms with Crippen molar-refractivity contribution in [1.29, 1.82) is 0 Å². The third-order valence-corrected chi connectivity index (χ3v) is 3.22. The van der Waals surface area contributed by atoms with Crippen LogP contribution in [0.1, 0.15) is 39.0 Å². The summed E-state index contributed by atoms with van der Waals surface area (Å²) >= 11 is 0. The highest BCUT2D eigenvalue weighted by atomic mass is 16.5. The Morgan fingerprint density at radius 1 is 1.50 bits per heavy atom. The van der Waals surface area contributed by atoms with Gasteiger partial charge in [-0.2, -0.15) is 0 Å². The van der Waals surface area contributed by atoms with Crippen LogP contribution in [-0.2, 0) is 9.53 Å². The van der Waals surface area contributed by atoms with Crippen LogP contribution >= 0.6 is 0 Å². The van der Waals surface area contributed by atoms with Gasteiger partial charge in [0.15, 0.2) is 0 Å². The molecule has 0 spiro atoms. The van der Waals surface area contributed by atoms with Gasteiger partial charge in [-0.25, -0.2) is 0 Å². The Hall–Kier alpha value is -0.790. The molecule has 0 N–H and O–H groups in total. The summed E-state index contributed by atoms with van der Waals surface area (Å²) in [6, 6.07) is 0. The normalized spacial score (nSPS) is 30.8. The van der Waals surface area contributed by atoms with Gasteiger partial charge in [-0.1, -0.05) is 24.5 Å². The topological polar surface area (TPSA) is 26.3 Å². The minimum absolute atomic E-state index is 0.00523. The molecule has 2 aliphatic rings. The first-order valence-corrected chi connectivity index (χ1v) is 5.71. The maximum atomic E-state index is 11.5. The number of allylic oxidation sites excluding steroid dienone is 1. The van der Waals surface area contributed by atoms with Crippen molar-refractivity contribution < 1.29 is 9.53 Å². The number of hydrogen-bond acceptors (Lipinski definition) is 2. The number of esters is 1. The Bertz CT molecular complexity index is 255. The Balaban J connectivity index is 1.97. The van der Waals surface area contributed by atoms with Gasteiger partial charge in [0.2, 0.25) is 0 Å².